The van der Waals surface area contributed by atoms with Crippen LogP contribution in [0.15, 0.2) is 36.4 Å². The quantitative estimate of drug-likeness (QED) is 0.166. The number of nitro groups is 2. The van der Waals surface area contributed by atoms with Crippen LogP contribution in [-0.4, -0.2) is 34.6 Å². The molecule has 0 aliphatic rings. The van der Waals surface area contributed by atoms with Crippen LogP contribution in [0, 0.1) is 20.2 Å². The van der Waals surface area contributed by atoms with Crippen molar-refractivity contribution >= 4 is 22.7 Å². The lowest BCUT2D eigenvalue weighted by atomic mass is 10.1. The summed E-state index contributed by atoms with van der Waals surface area (Å²) in [6.07, 6.45) is -8.39. The first-order valence-electron chi connectivity index (χ1n) is 10.0. The van der Waals surface area contributed by atoms with Crippen LogP contribution in [-0.2, 0) is 12.4 Å². The molecule has 0 unspecified atom stereocenters. The van der Waals surface area contributed by atoms with Gasteiger partial charge in [0.15, 0.2) is 0 Å². The Kier molecular flexibility index (Phi) is 10.7. The van der Waals surface area contributed by atoms with Gasteiger partial charge in [0.1, 0.15) is 11.1 Å². The van der Waals surface area contributed by atoms with Gasteiger partial charge in [0, 0.05) is 43.2 Å². The second-order valence-electron chi connectivity index (χ2n) is 6.90. The molecule has 2 rings (SSSR count). The number of hydrogen-bond acceptors (Lipinski definition) is 7. The Balaban J connectivity index is 0.000000351. The third-order valence-corrected chi connectivity index (χ3v) is 4.24. The first-order valence-corrected chi connectivity index (χ1v) is 10.0. The molecule has 0 spiro atoms. The number of nitro benzene ring substituents is 2. The Hall–Kier alpha value is -3.62. The van der Waals surface area contributed by atoms with Gasteiger partial charge in [-0.2, -0.15) is 26.3 Å². The SMILES string of the molecule is CCCNc1ccc([N+](=O)[O-])c(C(F)(F)F)c1.O=[N+]([O-])c1ccc(NCCCO)cc1C(F)(F)F. The molecule has 0 saturated carbocycles. The number of nitrogens with one attached hydrogen (secondary N) is 2. The summed E-state index contributed by atoms with van der Waals surface area (Å²) in [6, 6.07) is 5.59. The van der Waals surface area contributed by atoms with E-state index in [-0.39, 0.29) is 24.5 Å². The lowest BCUT2D eigenvalue weighted by molar-refractivity contribution is -0.388. The molecule has 0 atom stereocenters. The summed E-state index contributed by atoms with van der Waals surface area (Å²) in [5, 5.41) is 34.9. The molecule has 9 nitrogen and oxygen atoms in total. The maximum Gasteiger partial charge on any atom is 0.423 e. The zero-order valence-corrected chi connectivity index (χ0v) is 18.2. The maximum atomic E-state index is 12.6. The molecular formula is C20H22F6N4O5. The highest BCUT2D eigenvalue weighted by molar-refractivity contribution is 5.56. The molecule has 2 aromatic carbocycles. The van der Waals surface area contributed by atoms with Gasteiger partial charge in [0.05, 0.1) is 9.85 Å². The minimum Gasteiger partial charge on any atom is -0.396 e. The van der Waals surface area contributed by atoms with E-state index in [1.807, 2.05) is 6.92 Å². The third-order valence-electron chi connectivity index (χ3n) is 4.24. The van der Waals surface area contributed by atoms with E-state index in [0.717, 1.165) is 24.6 Å². The van der Waals surface area contributed by atoms with Crippen LogP contribution in [0.1, 0.15) is 30.9 Å². The minimum atomic E-state index is -4.78. The molecule has 15 heteroatoms. The third kappa shape index (κ3) is 9.27. The van der Waals surface area contributed by atoms with E-state index >= 15 is 0 Å². The number of nitrogens with zero attached hydrogens (tertiary/aromatic N) is 2. The summed E-state index contributed by atoms with van der Waals surface area (Å²) in [5.41, 5.74) is -4.08. The topological polar surface area (TPSA) is 131 Å². The van der Waals surface area contributed by atoms with Crippen LogP contribution in [0.2, 0.25) is 0 Å². The van der Waals surface area contributed by atoms with Gasteiger partial charge in [-0.05, 0) is 37.1 Å². The standard InChI is InChI=1S/C10H11F3N2O3.C10H11F3N2O2/c11-10(12,13)8-6-7(14-4-1-5-16)2-3-9(8)15(17)18;1-2-5-14-7-3-4-9(15(16)17)8(6-7)10(11,12)13/h2-3,6,14,16H,1,4-5H2;3-4,6,14H,2,5H2,1H3. The van der Waals surface area contributed by atoms with Gasteiger partial charge in [-0.3, -0.25) is 20.2 Å². The number of halogens is 6. The molecule has 0 bridgehead atoms. The smallest absolute Gasteiger partial charge is 0.396 e. The zero-order valence-electron chi connectivity index (χ0n) is 18.2. The molecule has 3 N–H and O–H groups in total. The van der Waals surface area contributed by atoms with E-state index in [9.17, 15) is 46.6 Å². The predicted octanol–water partition coefficient (Wildman–Crippen LogP) is 5.84. The Labute approximate surface area is 195 Å². The molecule has 0 amide bonds. The first-order chi connectivity index (χ1) is 16.2. The molecule has 0 aliphatic carbocycles. The van der Waals surface area contributed by atoms with E-state index in [2.05, 4.69) is 10.6 Å². The van der Waals surface area contributed by atoms with Crippen LogP contribution < -0.4 is 10.6 Å². The average molecular weight is 512 g/mol. The van der Waals surface area contributed by atoms with Crippen molar-refractivity contribution in [1.29, 1.82) is 0 Å². The summed E-state index contributed by atoms with van der Waals surface area (Å²) in [4.78, 5) is 18.9. The van der Waals surface area contributed by atoms with Crippen LogP contribution >= 0.6 is 0 Å². The lowest BCUT2D eigenvalue weighted by Gasteiger charge is -2.10. The van der Waals surface area contributed by atoms with Crippen LogP contribution in [0.4, 0.5) is 49.1 Å². The average Bonchev–Trinajstić information content (AvgIpc) is 2.76. The Morgan fingerprint density at radius 3 is 1.51 bits per heavy atom. The minimum absolute atomic E-state index is 0.0912. The molecule has 0 radical (unpaired) electrons. The van der Waals surface area contributed by atoms with Crippen LogP contribution in [0.3, 0.4) is 0 Å². The molecule has 0 aromatic heterocycles. The summed E-state index contributed by atoms with van der Waals surface area (Å²) in [7, 11) is 0. The lowest BCUT2D eigenvalue weighted by Crippen LogP contribution is -2.10. The normalized spacial score (nSPS) is 11.3. The van der Waals surface area contributed by atoms with Gasteiger partial charge in [-0.1, -0.05) is 6.92 Å². The molecule has 0 fully saturated rings. The second-order valence-corrected chi connectivity index (χ2v) is 6.90. The monoisotopic (exact) mass is 512 g/mol. The van der Waals surface area contributed by atoms with Crippen LogP contribution in [0.5, 0.6) is 0 Å². The van der Waals surface area contributed by atoms with E-state index in [4.69, 9.17) is 5.11 Å². The molecular weight excluding hydrogens is 490 g/mol. The molecule has 0 aliphatic heterocycles. The van der Waals surface area contributed by atoms with Crippen molar-refractivity contribution in [3.8, 4) is 0 Å². The number of benzene rings is 2. The Bertz CT molecular complexity index is 1010. The van der Waals surface area contributed by atoms with Gasteiger partial charge in [0.25, 0.3) is 11.4 Å². The highest BCUT2D eigenvalue weighted by Crippen LogP contribution is 2.38. The fourth-order valence-electron chi connectivity index (χ4n) is 2.65. The zero-order chi connectivity index (χ0) is 26.8. The van der Waals surface area contributed by atoms with Crippen molar-refractivity contribution in [3.63, 3.8) is 0 Å². The van der Waals surface area contributed by atoms with Gasteiger partial charge >= 0.3 is 12.4 Å². The molecule has 194 valence electrons. The van der Waals surface area contributed by atoms with Gasteiger partial charge in [-0.15, -0.1) is 0 Å². The Morgan fingerprint density at radius 2 is 1.20 bits per heavy atom. The number of alkyl halides is 6. The van der Waals surface area contributed by atoms with Crippen LogP contribution in [0.25, 0.3) is 0 Å². The fourth-order valence-corrected chi connectivity index (χ4v) is 2.65. The highest BCUT2D eigenvalue weighted by Gasteiger charge is 2.39. The van der Waals surface area contributed by atoms with E-state index < -0.39 is 44.7 Å². The van der Waals surface area contributed by atoms with E-state index in [1.165, 1.54) is 12.1 Å². The van der Waals surface area contributed by atoms with Crippen molar-refractivity contribution in [1.82, 2.24) is 0 Å². The van der Waals surface area contributed by atoms with Crippen molar-refractivity contribution < 1.29 is 41.3 Å². The van der Waals surface area contributed by atoms with Crippen molar-refractivity contribution in [2.45, 2.75) is 32.1 Å². The fraction of sp³-hybridized carbons (Fsp3) is 0.400. The molecule has 35 heavy (non-hydrogen) atoms. The van der Waals surface area contributed by atoms with Gasteiger partial charge in [0.2, 0.25) is 0 Å². The number of aliphatic hydroxyl groups excluding tert-OH is 1. The van der Waals surface area contributed by atoms with E-state index in [1.54, 1.807) is 0 Å². The summed E-state index contributed by atoms with van der Waals surface area (Å²) in [5.74, 6) is 0. The van der Waals surface area contributed by atoms with Gasteiger partial charge < -0.3 is 15.7 Å². The largest absolute Gasteiger partial charge is 0.423 e. The van der Waals surface area contributed by atoms with Crippen molar-refractivity contribution in [2.75, 3.05) is 30.3 Å². The number of aliphatic hydroxyl groups is 1. The van der Waals surface area contributed by atoms with Crippen molar-refractivity contribution in [3.05, 3.63) is 67.8 Å². The second kappa shape index (κ2) is 12.7. The summed E-state index contributed by atoms with van der Waals surface area (Å²) < 4.78 is 75.6. The van der Waals surface area contributed by atoms with Gasteiger partial charge in [-0.25, -0.2) is 0 Å². The highest BCUT2D eigenvalue weighted by atomic mass is 19.4. The molecule has 2 aromatic rings. The first kappa shape index (κ1) is 29.4. The number of hydrogen-bond donors (Lipinski definition) is 3. The molecule has 0 heterocycles. The predicted molar refractivity (Wildman–Crippen MR) is 115 cm³/mol. The number of rotatable bonds is 9. The Morgan fingerprint density at radius 1 is 0.800 bits per heavy atom. The summed E-state index contributed by atoms with van der Waals surface area (Å²) >= 11 is 0. The van der Waals surface area contributed by atoms with E-state index in [0.29, 0.717) is 19.0 Å². The summed E-state index contributed by atoms with van der Waals surface area (Å²) in [6.45, 7) is 2.57. The number of anilines is 2. The maximum absolute atomic E-state index is 12.6. The molecule has 0 saturated heterocycles. The van der Waals surface area contributed by atoms with Crippen molar-refractivity contribution in [2.24, 2.45) is 0 Å².